The quantitative estimate of drug-likeness (QED) is 0.806. The first-order valence-electron chi connectivity index (χ1n) is 11.0. The molecule has 0 aromatic heterocycles. The summed E-state index contributed by atoms with van der Waals surface area (Å²) < 4.78 is 5.49. The van der Waals surface area contributed by atoms with Gasteiger partial charge in [-0.2, -0.15) is 0 Å². The standard InChI is InChI=1S/C25H34N2O2/c1-29-24-12-6-5-11-23(24)25(28)13-16-26(17-14-25)19-22-10-7-15-27(20-22)18-21-8-3-2-4-9-21/h2-6,8-9,11-12,22,28H,7,10,13-20H2,1H3. The molecule has 4 nitrogen and oxygen atoms in total. The lowest BCUT2D eigenvalue weighted by Gasteiger charge is -2.41. The fraction of sp³-hybridized carbons (Fsp3) is 0.520. The average Bonchev–Trinajstić information content (AvgIpc) is 2.76. The first-order chi connectivity index (χ1) is 14.2. The molecule has 0 aliphatic carbocycles. The number of hydrogen-bond donors (Lipinski definition) is 1. The summed E-state index contributed by atoms with van der Waals surface area (Å²) in [7, 11) is 1.68. The van der Waals surface area contributed by atoms with E-state index in [0.29, 0.717) is 0 Å². The highest BCUT2D eigenvalue weighted by Gasteiger charge is 2.36. The number of hydrogen-bond acceptors (Lipinski definition) is 4. The molecule has 2 heterocycles. The van der Waals surface area contributed by atoms with Crippen LogP contribution in [0.25, 0.3) is 0 Å². The Hall–Kier alpha value is -1.88. The monoisotopic (exact) mass is 394 g/mol. The number of para-hydroxylation sites is 1. The normalized spacial score (nSPS) is 23.0. The van der Waals surface area contributed by atoms with E-state index in [4.69, 9.17) is 4.74 Å². The summed E-state index contributed by atoms with van der Waals surface area (Å²) in [6.07, 6.45) is 4.15. The van der Waals surface area contributed by atoms with Crippen molar-refractivity contribution >= 4 is 0 Å². The summed E-state index contributed by atoms with van der Waals surface area (Å²) in [5.74, 6) is 1.53. The lowest BCUT2D eigenvalue weighted by Crippen LogP contribution is -2.46. The third-order valence-corrected chi connectivity index (χ3v) is 6.66. The van der Waals surface area contributed by atoms with Crippen LogP contribution in [0.15, 0.2) is 54.6 Å². The van der Waals surface area contributed by atoms with Crippen LogP contribution in [-0.2, 0) is 12.1 Å². The number of likely N-dealkylation sites (tertiary alicyclic amines) is 2. The van der Waals surface area contributed by atoms with Crippen LogP contribution in [0.3, 0.4) is 0 Å². The van der Waals surface area contributed by atoms with Crippen molar-refractivity contribution in [3.05, 3.63) is 65.7 Å². The Balaban J connectivity index is 1.30. The van der Waals surface area contributed by atoms with Gasteiger partial charge in [0, 0.05) is 38.3 Å². The van der Waals surface area contributed by atoms with Gasteiger partial charge in [0.15, 0.2) is 0 Å². The highest BCUT2D eigenvalue weighted by molar-refractivity contribution is 5.38. The lowest BCUT2D eigenvalue weighted by atomic mass is 9.83. The number of aliphatic hydroxyl groups is 1. The summed E-state index contributed by atoms with van der Waals surface area (Å²) in [6, 6.07) is 18.7. The van der Waals surface area contributed by atoms with E-state index in [1.165, 1.54) is 31.5 Å². The van der Waals surface area contributed by atoms with Crippen molar-refractivity contribution in [2.45, 2.75) is 37.8 Å². The molecule has 0 amide bonds. The Kier molecular flexibility index (Phi) is 6.53. The van der Waals surface area contributed by atoms with Crippen LogP contribution in [0.5, 0.6) is 5.75 Å². The molecule has 156 valence electrons. The first kappa shape index (κ1) is 20.4. The smallest absolute Gasteiger partial charge is 0.124 e. The van der Waals surface area contributed by atoms with Crippen LogP contribution < -0.4 is 4.74 Å². The second kappa shape index (κ2) is 9.29. The van der Waals surface area contributed by atoms with Gasteiger partial charge >= 0.3 is 0 Å². The second-order valence-electron chi connectivity index (χ2n) is 8.76. The van der Waals surface area contributed by atoms with Crippen molar-refractivity contribution in [1.29, 1.82) is 0 Å². The van der Waals surface area contributed by atoms with Gasteiger partial charge < -0.3 is 14.7 Å². The fourth-order valence-electron chi connectivity index (χ4n) is 5.05. The average molecular weight is 395 g/mol. The van der Waals surface area contributed by atoms with Crippen LogP contribution in [0.2, 0.25) is 0 Å². The van der Waals surface area contributed by atoms with Gasteiger partial charge in [0.05, 0.1) is 12.7 Å². The molecule has 0 spiro atoms. The molecule has 2 fully saturated rings. The van der Waals surface area contributed by atoms with Gasteiger partial charge in [-0.15, -0.1) is 0 Å². The van der Waals surface area contributed by atoms with Crippen molar-refractivity contribution in [1.82, 2.24) is 9.80 Å². The molecule has 2 saturated heterocycles. The minimum absolute atomic E-state index is 0.727. The molecular formula is C25H34N2O2. The first-order valence-corrected chi connectivity index (χ1v) is 11.0. The maximum atomic E-state index is 11.3. The number of piperidine rings is 2. The summed E-state index contributed by atoms with van der Waals surface area (Å²) in [4.78, 5) is 5.17. The molecule has 0 radical (unpaired) electrons. The number of nitrogens with zero attached hydrogens (tertiary/aromatic N) is 2. The summed E-state index contributed by atoms with van der Waals surface area (Å²) in [5, 5.41) is 11.3. The molecule has 1 atom stereocenters. The topological polar surface area (TPSA) is 35.9 Å². The zero-order valence-electron chi connectivity index (χ0n) is 17.6. The molecule has 0 saturated carbocycles. The second-order valence-corrected chi connectivity index (χ2v) is 8.76. The number of methoxy groups -OCH3 is 1. The van der Waals surface area contributed by atoms with Gasteiger partial charge in [-0.05, 0) is 49.8 Å². The van der Waals surface area contributed by atoms with E-state index >= 15 is 0 Å². The molecule has 2 aromatic carbocycles. The Morgan fingerprint density at radius 1 is 0.966 bits per heavy atom. The van der Waals surface area contributed by atoms with Gasteiger partial charge in [-0.1, -0.05) is 48.5 Å². The summed E-state index contributed by atoms with van der Waals surface area (Å²) in [5.41, 5.74) is 1.58. The third-order valence-electron chi connectivity index (χ3n) is 6.66. The van der Waals surface area contributed by atoms with Crippen LogP contribution in [-0.4, -0.2) is 54.7 Å². The molecular weight excluding hydrogens is 360 g/mol. The molecule has 4 rings (SSSR count). The van der Waals surface area contributed by atoms with Crippen molar-refractivity contribution in [3.63, 3.8) is 0 Å². The minimum Gasteiger partial charge on any atom is -0.496 e. The highest BCUT2D eigenvalue weighted by atomic mass is 16.5. The SMILES string of the molecule is COc1ccccc1C1(O)CCN(CC2CCCN(Cc3ccccc3)C2)CC1. The maximum Gasteiger partial charge on any atom is 0.124 e. The molecule has 2 aliphatic rings. The van der Waals surface area contributed by atoms with Gasteiger partial charge in [-0.25, -0.2) is 0 Å². The Morgan fingerprint density at radius 3 is 2.45 bits per heavy atom. The number of benzene rings is 2. The summed E-state index contributed by atoms with van der Waals surface area (Å²) in [6.45, 7) is 6.49. The molecule has 2 aromatic rings. The van der Waals surface area contributed by atoms with Crippen LogP contribution >= 0.6 is 0 Å². The van der Waals surface area contributed by atoms with Gasteiger partial charge in [0.1, 0.15) is 5.75 Å². The van der Waals surface area contributed by atoms with Crippen LogP contribution in [0.1, 0.15) is 36.8 Å². The highest BCUT2D eigenvalue weighted by Crippen LogP contribution is 2.38. The summed E-state index contributed by atoms with van der Waals surface area (Å²) >= 11 is 0. The van der Waals surface area contributed by atoms with Gasteiger partial charge in [-0.3, -0.25) is 4.90 Å². The van der Waals surface area contributed by atoms with Crippen molar-refractivity contribution in [3.8, 4) is 5.75 Å². The third kappa shape index (κ3) is 5.00. The number of rotatable bonds is 6. The molecule has 1 N–H and O–H groups in total. The maximum absolute atomic E-state index is 11.3. The number of ether oxygens (including phenoxy) is 1. The van der Waals surface area contributed by atoms with E-state index < -0.39 is 5.60 Å². The van der Waals surface area contributed by atoms with E-state index in [0.717, 1.165) is 56.3 Å². The van der Waals surface area contributed by atoms with E-state index in [-0.39, 0.29) is 0 Å². The van der Waals surface area contributed by atoms with Crippen LogP contribution in [0, 0.1) is 5.92 Å². The van der Waals surface area contributed by atoms with E-state index in [9.17, 15) is 5.11 Å². The van der Waals surface area contributed by atoms with Crippen molar-refractivity contribution in [2.75, 3.05) is 39.8 Å². The molecule has 1 unspecified atom stereocenters. The Bertz CT molecular complexity index is 771. The minimum atomic E-state index is -0.769. The largest absolute Gasteiger partial charge is 0.496 e. The Labute approximate surface area is 175 Å². The lowest BCUT2D eigenvalue weighted by molar-refractivity contribution is -0.0326. The van der Waals surface area contributed by atoms with Gasteiger partial charge in [0.2, 0.25) is 0 Å². The predicted molar refractivity (Wildman–Crippen MR) is 117 cm³/mol. The molecule has 0 bridgehead atoms. The predicted octanol–water partition coefficient (Wildman–Crippen LogP) is 3.89. The van der Waals surface area contributed by atoms with E-state index in [1.54, 1.807) is 7.11 Å². The Morgan fingerprint density at radius 2 is 1.69 bits per heavy atom. The zero-order valence-corrected chi connectivity index (χ0v) is 17.6. The van der Waals surface area contributed by atoms with E-state index in [2.05, 4.69) is 40.1 Å². The van der Waals surface area contributed by atoms with Crippen LogP contribution in [0.4, 0.5) is 0 Å². The molecule has 4 heteroatoms. The van der Waals surface area contributed by atoms with Crippen molar-refractivity contribution in [2.24, 2.45) is 5.92 Å². The van der Waals surface area contributed by atoms with Crippen molar-refractivity contribution < 1.29 is 9.84 Å². The molecule has 29 heavy (non-hydrogen) atoms. The fourth-order valence-corrected chi connectivity index (χ4v) is 5.05. The molecule has 2 aliphatic heterocycles. The van der Waals surface area contributed by atoms with Gasteiger partial charge in [0.25, 0.3) is 0 Å². The van der Waals surface area contributed by atoms with E-state index in [1.807, 2.05) is 24.3 Å². The zero-order chi connectivity index (χ0) is 20.1.